The molecule has 0 aliphatic heterocycles. The molecular formula is C34H29N3O5S. The number of amides is 2. The lowest BCUT2D eigenvalue weighted by Gasteiger charge is -2.20. The molecule has 9 heteroatoms. The van der Waals surface area contributed by atoms with Crippen LogP contribution in [0.4, 0.5) is 5.69 Å². The van der Waals surface area contributed by atoms with Crippen molar-refractivity contribution >= 4 is 44.1 Å². The number of hydrogen-bond donors (Lipinski definition) is 3. The minimum absolute atomic E-state index is 0.0473. The maximum atomic E-state index is 13.5. The Morgan fingerprint density at radius 3 is 2.02 bits per heavy atom. The molecule has 0 saturated carbocycles. The number of sulfonamides is 1. The van der Waals surface area contributed by atoms with E-state index >= 15 is 0 Å². The van der Waals surface area contributed by atoms with Crippen LogP contribution in [0.3, 0.4) is 0 Å². The molecular weight excluding hydrogens is 562 g/mol. The fourth-order valence-corrected chi connectivity index (χ4v) is 5.74. The Morgan fingerprint density at radius 1 is 0.651 bits per heavy atom. The van der Waals surface area contributed by atoms with Gasteiger partial charge in [-0.25, -0.2) is 8.42 Å². The Labute approximate surface area is 249 Å². The van der Waals surface area contributed by atoms with Gasteiger partial charge < -0.3 is 10.6 Å². The van der Waals surface area contributed by atoms with E-state index in [4.69, 9.17) is 0 Å². The number of para-hydroxylation sites is 1. The first-order valence-electron chi connectivity index (χ1n) is 13.6. The van der Waals surface area contributed by atoms with E-state index in [-0.39, 0.29) is 29.1 Å². The van der Waals surface area contributed by atoms with Crippen LogP contribution < -0.4 is 15.4 Å². The van der Waals surface area contributed by atoms with Gasteiger partial charge in [0.1, 0.15) is 0 Å². The van der Waals surface area contributed by atoms with Gasteiger partial charge in [0.2, 0.25) is 0 Å². The highest BCUT2D eigenvalue weighted by Gasteiger charge is 2.25. The van der Waals surface area contributed by atoms with Crippen molar-refractivity contribution in [2.45, 2.75) is 17.4 Å². The van der Waals surface area contributed by atoms with Crippen LogP contribution in [0.1, 0.15) is 26.3 Å². The Hall–Kier alpha value is -5.28. The van der Waals surface area contributed by atoms with Crippen LogP contribution in [-0.4, -0.2) is 38.6 Å². The molecule has 5 aromatic carbocycles. The van der Waals surface area contributed by atoms with Gasteiger partial charge in [-0.1, -0.05) is 91.0 Å². The van der Waals surface area contributed by atoms with E-state index in [9.17, 15) is 22.8 Å². The molecule has 0 radical (unpaired) electrons. The highest BCUT2D eigenvalue weighted by Crippen LogP contribution is 2.23. The third kappa shape index (κ3) is 7.33. The van der Waals surface area contributed by atoms with E-state index in [0.717, 1.165) is 16.3 Å². The van der Waals surface area contributed by atoms with E-state index in [1.807, 2.05) is 54.6 Å². The second-order valence-corrected chi connectivity index (χ2v) is 11.6. The lowest BCUT2D eigenvalue weighted by Crippen LogP contribution is -2.46. The summed E-state index contributed by atoms with van der Waals surface area (Å²) in [5.74, 6) is -1.46. The van der Waals surface area contributed by atoms with Gasteiger partial charge in [0.15, 0.2) is 5.78 Å². The highest BCUT2D eigenvalue weighted by atomic mass is 32.2. The van der Waals surface area contributed by atoms with E-state index in [1.165, 1.54) is 18.2 Å². The van der Waals surface area contributed by atoms with E-state index in [1.54, 1.807) is 54.6 Å². The number of nitrogens with one attached hydrogen (secondary N) is 3. The standard InChI is InChI=1S/C34H29N3O5S/c38-32(23-35-33(39)26-14-5-2-6-15-26)31(21-24-11-3-1-4-12-24)36-34(40)29-17-9-10-18-30(29)37-43(41,42)28-20-19-25-13-7-8-16-27(25)22-28/h1-20,22,31,37H,21,23H2,(H,35,39)(H,36,40)/t31-/m0/s1. The summed E-state index contributed by atoms with van der Waals surface area (Å²) in [6.07, 6.45) is 0.178. The van der Waals surface area contributed by atoms with Crippen LogP contribution in [0.15, 0.2) is 132 Å². The zero-order valence-electron chi connectivity index (χ0n) is 23.1. The van der Waals surface area contributed by atoms with Crippen molar-refractivity contribution in [1.82, 2.24) is 10.6 Å². The quantitative estimate of drug-likeness (QED) is 0.200. The number of hydrogen-bond acceptors (Lipinski definition) is 5. The Bertz CT molecular complexity index is 1880. The summed E-state index contributed by atoms with van der Waals surface area (Å²) < 4.78 is 29.2. The van der Waals surface area contributed by atoms with Gasteiger partial charge in [0.05, 0.1) is 28.7 Å². The predicted octanol–water partition coefficient (Wildman–Crippen LogP) is 4.98. The number of ketones is 1. The molecule has 5 aromatic rings. The van der Waals surface area contributed by atoms with Crippen LogP contribution in [0.5, 0.6) is 0 Å². The number of rotatable bonds is 11. The third-order valence-electron chi connectivity index (χ3n) is 6.88. The summed E-state index contributed by atoms with van der Waals surface area (Å²) in [7, 11) is -4.04. The van der Waals surface area contributed by atoms with Crippen molar-refractivity contribution in [1.29, 1.82) is 0 Å². The molecule has 0 aliphatic rings. The normalized spacial score (nSPS) is 11.8. The minimum Gasteiger partial charge on any atom is -0.345 e. The molecule has 1 atom stereocenters. The van der Waals surface area contributed by atoms with Gasteiger partial charge in [-0.2, -0.15) is 0 Å². The zero-order chi connectivity index (χ0) is 30.2. The molecule has 216 valence electrons. The van der Waals surface area contributed by atoms with Crippen molar-refractivity contribution in [3.63, 3.8) is 0 Å². The summed E-state index contributed by atoms with van der Waals surface area (Å²) in [6.45, 7) is -0.304. The lowest BCUT2D eigenvalue weighted by atomic mass is 10.0. The average Bonchev–Trinajstić information content (AvgIpc) is 3.03. The van der Waals surface area contributed by atoms with Gasteiger partial charge in [-0.15, -0.1) is 0 Å². The molecule has 0 aliphatic carbocycles. The monoisotopic (exact) mass is 591 g/mol. The largest absolute Gasteiger partial charge is 0.345 e. The first-order valence-corrected chi connectivity index (χ1v) is 15.1. The number of Topliss-reactive ketones (excluding diaryl/α,β-unsaturated/α-hetero) is 1. The smallest absolute Gasteiger partial charge is 0.261 e. The fourth-order valence-electron chi connectivity index (χ4n) is 4.62. The molecule has 5 rings (SSSR count). The summed E-state index contributed by atoms with van der Waals surface area (Å²) in [5.41, 5.74) is 1.33. The van der Waals surface area contributed by atoms with Crippen molar-refractivity contribution < 1.29 is 22.8 Å². The molecule has 8 nitrogen and oxygen atoms in total. The van der Waals surface area contributed by atoms with E-state index in [0.29, 0.717) is 5.56 Å². The summed E-state index contributed by atoms with van der Waals surface area (Å²) in [6, 6.07) is 35.1. The number of benzene rings is 5. The maximum absolute atomic E-state index is 13.5. The van der Waals surface area contributed by atoms with Gasteiger partial charge in [0, 0.05) is 5.56 Å². The first kappa shape index (κ1) is 29.2. The zero-order valence-corrected chi connectivity index (χ0v) is 23.9. The van der Waals surface area contributed by atoms with Gasteiger partial charge in [0.25, 0.3) is 21.8 Å². The third-order valence-corrected chi connectivity index (χ3v) is 8.25. The van der Waals surface area contributed by atoms with Gasteiger partial charge >= 0.3 is 0 Å². The molecule has 3 N–H and O–H groups in total. The average molecular weight is 592 g/mol. The Balaban J connectivity index is 1.35. The van der Waals surface area contributed by atoms with Crippen LogP contribution in [0.25, 0.3) is 10.8 Å². The van der Waals surface area contributed by atoms with E-state index in [2.05, 4.69) is 15.4 Å². The van der Waals surface area contributed by atoms with E-state index < -0.39 is 33.7 Å². The molecule has 0 aromatic heterocycles. The van der Waals surface area contributed by atoms with Crippen LogP contribution in [0, 0.1) is 0 Å². The molecule has 0 heterocycles. The van der Waals surface area contributed by atoms with Crippen LogP contribution in [-0.2, 0) is 21.2 Å². The summed E-state index contributed by atoms with van der Waals surface area (Å²) in [4.78, 5) is 39.4. The minimum atomic E-state index is -4.04. The fraction of sp³-hybridized carbons (Fsp3) is 0.0882. The lowest BCUT2D eigenvalue weighted by molar-refractivity contribution is -0.119. The molecule has 0 spiro atoms. The van der Waals surface area contributed by atoms with Crippen molar-refractivity contribution in [3.8, 4) is 0 Å². The molecule has 2 amide bonds. The predicted molar refractivity (Wildman–Crippen MR) is 166 cm³/mol. The Morgan fingerprint density at radius 2 is 1.28 bits per heavy atom. The molecule has 0 bridgehead atoms. The topological polar surface area (TPSA) is 121 Å². The molecule has 43 heavy (non-hydrogen) atoms. The molecule has 0 unspecified atom stereocenters. The summed E-state index contributed by atoms with van der Waals surface area (Å²) in [5, 5.41) is 7.04. The molecule has 0 saturated heterocycles. The van der Waals surface area contributed by atoms with Crippen LogP contribution >= 0.6 is 0 Å². The van der Waals surface area contributed by atoms with Crippen molar-refractivity contribution in [3.05, 3.63) is 144 Å². The van der Waals surface area contributed by atoms with Crippen LogP contribution in [0.2, 0.25) is 0 Å². The number of anilines is 1. The number of fused-ring (bicyclic) bond motifs is 1. The SMILES string of the molecule is O=C(NCC(=O)[C@H](Cc1ccccc1)NC(=O)c1ccccc1NS(=O)(=O)c1ccc2ccccc2c1)c1ccccc1. The number of carbonyl (C=O) groups is 3. The Kier molecular flexibility index (Phi) is 8.93. The first-order chi connectivity index (χ1) is 20.8. The second-order valence-electron chi connectivity index (χ2n) is 9.89. The van der Waals surface area contributed by atoms with Crippen molar-refractivity contribution in [2.24, 2.45) is 0 Å². The van der Waals surface area contributed by atoms with Gasteiger partial charge in [-0.3, -0.25) is 19.1 Å². The van der Waals surface area contributed by atoms with Crippen molar-refractivity contribution in [2.75, 3.05) is 11.3 Å². The summed E-state index contributed by atoms with van der Waals surface area (Å²) >= 11 is 0. The maximum Gasteiger partial charge on any atom is 0.261 e. The molecule has 0 fully saturated rings. The second kappa shape index (κ2) is 13.1. The van der Waals surface area contributed by atoms with Gasteiger partial charge in [-0.05, 0) is 59.2 Å². The number of carbonyl (C=O) groups excluding carboxylic acids is 3. The highest BCUT2D eigenvalue weighted by molar-refractivity contribution is 7.92.